The lowest BCUT2D eigenvalue weighted by molar-refractivity contribution is -0.144. The third kappa shape index (κ3) is 5.07. The number of aryl methyl sites for hydroxylation is 1. The van der Waals surface area contributed by atoms with Gasteiger partial charge < -0.3 is 26.6 Å². The molecule has 2 aliphatic heterocycles. The van der Waals surface area contributed by atoms with Crippen LogP contribution < -0.4 is 21.7 Å². The second-order valence-electron chi connectivity index (χ2n) is 17.3. The van der Waals surface area contributed by atoms with Gasteiger partial charge in [0.25, 0.3) is 0 Å². The lowest BCUT2D eigenvalue weighted by atomic mass is 9.69. The van der Waals surface area contributed by atoms with E-state index in [1.165, 1.54) is 0 Å². The number of Topliss-reactive ketones (excluding diaryl/α,β-unsaturated/α-hetero) is 1. The van der Waals surface area contributed by atoms with E-state index >= 15 is 0 Å². The molecule has 262 valence electrons. The molecule has 6 aliphatic rings. The smallest absolute Gasteiger partial charge is 0.246 e. The highest BCUT2D eigenvalue weighted by Gasteiger charge is 2.85. The van der Waals surface area contributed by atoms with Crippen LogP contribution >= 0.6 is 11.3 Å². The summed E-state index contributed by atoms with van der Waals surface area (Å²) in [5, 5.41) is 10.7. The molecule has 2 spiro atoms. The summed E-state index contributed by atoms with van der Waals surface area (Å²) in [5.41, 5.74) is 7.68. The topological polar surface area (TPSA) is 147 Å². The summed E-state index contributed by atoms with van der Waals surface area (Å²) in [6.07, 6.45) is 8.55. The molecule has 48 heavy (non-hydrogen) atoms. The first-order valence-electron chi connectivity index (χ1n) is 18.2. The summed E-state index contributed by atoms with van der Waals surface area (Å²) in [5.74, 6) is -0.294. The Balaban J connectivity index is 1.11. The van der Waals surface area contributed by atoms with E-state index in [0.717, 1.165) is 79.2 Å². The van der Waals surface area contributed by atoms with Gasteiger partial charge in [0.15, 0.2) is 0 Å². The van der Waals surface area contributed by atoms with E-state index in [9.17, 15) is 19.2 Å². The van der Waals surface area contributed by atoms with Crippen LogP contribution in [0.5, 0.6) is 0 Å². The number of amides is 3. The van der Waals surface area contributed by atoms with Crippen LogP contribution in [0.15, 0.2) is 11.3 Å². The second-order valence-corrected chi connectivity index (χ2v) is 18.5. The maximum Gasteiger partial charge on any atom is 0.246 e. The molecule has 11 heteroatoms. The van der Waals surface area contributed by atoms with E-state index < -0.39 is 23.5 Å². The van der Waals surface area contributed by atoms with Crippen molar-refractivity contribution in [2.24, 2.45) is 33.3 Å². The molecule has 3 amide bonds. The molecular weight excluding hydrogens is 625 g/mol. The summed E-state index contributed by atoms with van der Waals surface area (Å²) < 4.78 is 0. The third-order valence-electron chi connectivity index (χ3n) is 13.8. The van der Waals surface area contributed by atoms with Crippen molar-refractivity contribution in [3.8, 4) is 0 Å². The number of carbonyl (C=O) groups excluding carboxylic acids is 4. The summed E-state index contributed by atoms with van der Waals surface area (Å²) >= 11 is 1.68. The molecule has 5 fully saturated rings. The van der Waals surface area contributed by atoms with Crippen molar-refractivity contribution >= 4 is 34.8 Å². The Bertz CT molecular complexity index is 1560. The number of fused-ring (bicyclic) bond motifs is 2. The zero-order chi connectivity index (χ0) is 34.4. The van der Waals surface area contributed by atoms with Gasteiger partial charge in [0.05, 0.1) is 28.9 Å². The molecule has 1 aromatic heterocycles. The van der Waals surface area contributed by atoms with Crippen molar-refractivity contribution in [2.75, 3.05) is 19.6 Å². The number of aromatic nitrogens is 1. The Morgan fingerprint density at radius 1 is 1.10 bits per heavy atom. The highest BCUT2D eigenvalue weighted by Crippen LogP contribution is 2.88. The molecule has 4 unspecified atom stereocenters. The molecule has 3 saturated carbocycles. The van der Waals surface area contributed by atoms with Crippen LogP contribution in [0.4, 0.5) is 0 Å². The van der Waals surface area contributed by atoms with E-state index in [0.29, 0.717) is 31.0 Å². The van der Waals surface area contributed by atoms with Crippen LogP contribution in [-0.2, 0) is 25.6 Å². The van der Waals surface area contributed by atoms with Gasteiger partial charge in [-0.05, 0) is 99.1 Å². The summed E-state index contributed by atoms with van der Waals surface area (Å²) in [6, 6.07) is -2.21. The fourth-order valence-electron chi connectivity index (χ4n) is 10.3. The van der Waals surface area contributed by atoms with Crippen molar-refractivity contribution in [2.45, 2.75) is 130 Å². The SMILES string of the molecule is Cc1sc(C2CCNCC2)nc1CC(=O)NC(C(=O)N1CC2(C[C@H]1C(=O)NC1CC3CCC3=C(N)C1=O)C(C)(C)C21CCC1)C(C)(C)C. The van der Waals surface area contributed by atoms with Gasteiger partial charge in [-0.15, -0.1) is 11.3 Å². The Hall–Kier alpha value is -2.79. The lowest BCUT2D eigenvalue weighted by Crippen LogP contribution is -2.59. The molecule has 2 saturated heterocycles. The van der Waals surface area contributed by atoms with Crippen molar-refractivity contribution in [1.82, 2.24) is 25.8 Å². The van der Waals surface area contributed by atoms with Crippen molar-refractivity contribution in [3.05, 3.63) is 26.8 Å². The maximum absolute atomic E-state index is 14.7. The number of likely N-dealkylation sites (tertiary alicyclic amines) is 1. The highest BCUT2D eigenvalue weighted by molar-refractivity contribution is 7.11. The average molecular weight is 679 g/mol. The van der Waals surface area contributed by atoms with Crippen LogP contribution in [0, 0.1) is 34.5 Å². The summed E-state index contributed by atoms with van der Waals surface area (Å²) in [6.45, 7) is 14.9. The standard InChI is InChI=1S/C37H54N6O4S/c1-20-24(41-32(48-20)21-10-14-39-15-11-21)17-27(44)42-30(34(2,3)4)33(47)43-19-37(35(5,6)36(37)12-7-13-36)18-26(43)31(46)40-25-16-22-8-9-23(22)28(38)29(25)45/h21-22,25-26,30,39H,7-19,38H2,1-6H3,(H,40,46)(H,42,44)/t22?,25?,26-,30?,37?/m0/s1. The number of ketones is 1. The summed E-state index contributed by atoms with van der Waals surface area (Å²) in [4.78, 5) is 63.5. The molecule has 4 aliphatic carbocycles. The van der Waals surface area contributed by atoms with Crippen LogP contribution in [0.2, 0.25) is 0 Å². The Morgan fingerprint density at radius 2 is 1.81 bits per heavy atom. The molecule has 10 nitrogen and oxygen atoms in total. The van der Waals surface area contributed by atoms with Gasteiger partial charge in [0.1, 0.15) is 12.1 Å². The molecule has 5 N–H and O–H groups in total. The molecule has 7 rings (SSSR count). The van der Waals surface area contributed by atoms with Crippen LogP contribution in [-0.4, -0.2) is 71.1 Å². The zero-order valence-electron chi connectivity index (χ0n) is 29.6. The number of nitrogens with zero attached hydrogens (tertiary/aromatic N) is 2. The molecular formula is C37H54N6O4S. The minimum atomic E-state index is -0.829. The zero-order valence-corrected chi connectivity index (χ0v) is 30.4. The molecule has 3 heterocycles. The molecule has 1 aromatic rings. The van der Waals surface area contributed by atoms with Gasteiger partial charge in [-0.1, -0.05) is 41.0 Å². The summed E-state index contributed by atoms with van der Waals surface area (Å²) in [7, 11) is 0. The number of thiazole rings is 1. The number of hydrogen-bond donors (Lipinski definition) is 4. The number of nitrogens with one attached hydrogen (secondary N) is 3. The van der Waals surface area contributed by atoms with Crippen molar-refractivity contribution in [3.63, 3.8) is 0 Å². The van der Waals surface area contributed by atoms with Crippen LogP contribution in [0.1, 0.15) is 114 Å². The second kappa shape index (κ2) is 11.6. The maximum atomic E-state index is 14.7. The number of piperidine rings is 1. The minimum absolute atomic E-state index is 0.00477. The predicted octanol–water partition coefficient (Wildman–Crippen LogP) is 3.87. The Morgan fingerprint density at radius 3 is 2.40 bits per heavy atom. The normalized spacial score (nSPS) is 31.2. The van der Waals surface area contributed by atoms with E-state index in [4.69, 9.17) is 10.7 Å². The van der Waals surface area contributed by atoms with E-state index in [-0.39, 0.29) is 52.1 Å². The molecule has 5 atom stereocenters. The molecule has 0 aromatic carbocycles. The number of nitrogens with two attached hydrogens (primary N) is 1. The van der Waals surface area contributed by atoms with Gasteiger partial charge in [-0.3, -0.25) is 19.2 Å². The number of hydrogen-bond acceptors (Lipinski definition) is 8. The van der Waals surface area contributed by atoms with E-state index in [1.54, 1.807) is 16.2 Å². The highest BCUT2D eigenvalue weighted by atomic mass is 32.1. The quantitative estimate of drug-likeness (QED) is 0.343. The minimum Gasteiger partial charge on any atom is -0.396 e. The fraction of sp³-hybridized carbons (Fsp3) is 0.757. The van der Waals surface area contributed by atoms with E-state index in [2.05, 4.69) is 29.8 Å². The lowest BCUT2D eigenvalue weighted by Gasteiger charge is -2.39. The number of rotatable bonds is 7. The van der Waals surface area contributed by atoms with Crippen LogP contribution in [0.3, 0.4) is 0 Å². The van der Waals surface area contributed by atoms with Gasteiger partial charge >= 0.3 is 0 Å². The first kappa shape index (κ1) is 33.7. The van der Waals surface area contributed by atoms with E-state index in [1.807, 2.05) is 27.7 Å². The van der Waals surface area contributed by atoms with Crippen molar-refractivity contribution < 1.29 is 19.2 Å². The van der Waals surface area contributed by atoms with Gasteiger partial charge in [-0.2, -0.15) is 0 Å². The number of carbonyl (C=O) groups is 4. The third-order valence-corrected chi connectivity index (χ3v) is 14.9. The molecule has 0 radical (unpaired) electrons. The molecule has 0 bridgehead atoms. The first-order chi connectivity index (χ1) is 22.6. The predicted molar refractivity (Wildman–Crippen MR) is 185 cm³/mol. The van der Waals surface area contributed by atoms with Gasteiger partial charge in [-0.25, -0.2) is 4.98 Å². The van der Waals surface area contributed by atoms with Crippen molar-refractivity contribution in [1.29, 1.82) is 0 Å². The largest absolute Gasteiger partial charge is 0.396 e. The van der Waals surface area contributed by atoms with Gasteiger partial charge in [0, 0.05) is 22.8 Å². The Kier molecular flexibility index (Phi) is 8.17. The average Bonchev–Trinajstić information content (AvgIpc) is 3.32. The first-order valence-corrected chi connectivity index (χ1v) is 19.0. The Labute approximate surface area is 288 Å². The monoisotopic (exact) mass is 678 g/mol. The fourth-order valence-corrected chi connectivity index (χ4v) is 11.4. The van der Waals surface area contributed by atoms with Crippen LogP contribution in [0.25, 0.3) is 0 Å². The number of allylic oxidation sites excluding steroid dienone is 1. The van der Waals surface area contributed by atoms with Gasteiger partial charge in [0.2, 0.25) is 23.5 Å².